The minimum absolute atomic E-state index is 0.0401. The normalized spacial score (nSPS) is 22.6. The molecule has 1 aromatic carbocycles. The molecular formula is C17H24BrNO. The Bertz CT molecular complexity index is 452. The molecule has 1 N–H and O–H groups in total. The first-order valence-electron chi connectivity index (χ1n) is 7.60. The Kier molecular flexibility index (Phi) is 5.64. The summed E-state index contributed by atoms with van der Waals surface area (Å²) in [4.78, 5) is 12.1. The first-order chi connectivity index (χ1) is 9.54. The van der Waals surface area contributed by atoms with Gasteiger partial charge in [-0.2, -0.15) is 0 Å². The Morgan fingerprint density at radius 3 is 2.85 bits per heavy atom. The molecule has 2 rings (SSSR count). The van der Waals surface area contributed by atoms with E-state index in [4.69, 9.17) is 0 Å². The molecule has 0 radical (unpaired) electrons. The topological polar surface area (TPSA) is 29.1 Å². The van der Waals surface area contributed by atoms with Gasteiger partial charge >= 0.3 is 0 Å². The standard InChI is InChI=1S/C17H24BrNO/c1-12-4-3-5-14(8-12)6-7-19-17(20)15-9-13(2)10-16(18)11-15/h9-12,14H,3-8H2,1-2H3,(H,19,20). The smallest absolute Gasteiger partial charge is 0.251 e. The molecule has 1 aliphatic rings. The number of hydrogen-bond acceptors (Lipinski definition) is 1. The average Bonchev–Trinajstić information content (AvgIpc) is 2.37. The van der Waals surface area contributed by atoms with Crippen molar-refractivity contribution >= 4 is 21.8 Å². The van der Waals surface area contributed by atoms with Gasteiger partial charge in [0.2, 0.25) is 0 Å². The van der Waals surface area contributed by atoms with E-state index in [0.29, 0.717) is 0 Å². The van der Waals surface area contributed by atoms with E-state index in [9.17, 15) is 4.79 Å². The second-order valence-corrected chi connectivity index (χ2v) is 7.12. The van der Waals surface area contributed by atoms with Crippen molar-refractivity contribution in [2.75, 3.05) is 6.54 Å². The summed E-state index contributed by atoms with van der Waals surface area (Å²) in [7, 11) is 0. The Hall–Kier alpha value is -0.830. The summed E-state index contributed by atoms with van der Waals surface area (Å²) in [5, 5.41) is 3.06. The van der Waals surface area contributed by atoms with Gasteiger partial charge < -0.3 is 5.32 Å². The number of halogens is 1. The lowest BCUT2D eigenvalue weighted by Crippen LogP contribution is -2.27. The van der Waals surface area contributed by atoms with E-state index in [-0.39, 0.29) is 5.91 Å². The quantitative estimate of drug-likeness (QED) is 0.847. The van der Waals surface area contributed by atoms with Crippen LogP contribution in [0.25, 0.3) is 0 Å². The highest BCUT2D eigenvalue weighted by molar-refractivity contribution is 9.10. The highest BCUT2D eigenvalue weighted by Gasteiger charge is 2.18. The second kappa shape index (κ2) is 7.26. The Balaban J connectivity index is 1.80. The summed E-state index contributed by atoms with van der Waals surface area (Å²) in [6, 6.07) is 5.83. The molecule has 110 valence electrons. The molecule has 0 spiro atoms. The zero-order valence-corrected chi connectivity index (χ0v) is 14.0. The van der Waals surface area contributed by atoms with E-state index in [1.54, 1.807) is 0 Å². The molecule has 2 nitrogen and oxygen atoms in total. The second-order valence-electron chi connectivity index (χ2n) is 6.20. The van der Waals surface area contributed by atoms with Crippen LogP contribution in [0.1, 0.15) is 54.9 Å². The Labute approximate surface area is 130 Å². The van der Waals surface area contributed by atoms with Crippen molar-refractivity contribution in [2.45, 2.75) is 46.0 Å². The van der Waals surface area contributed by atoms with Gasteiger partial charge in [-0.3, -0.25) is 4.79 Å². The first-order valence-corrected chi connectivity index (χ1v) is 8.39. The van der Waals surface area contributed by atoms with Crippen molar-refractivity contribution in [3.8, 4) is 0 Å². The fourth-order valence-electron chi connectivity index (χ4n) is 3.18. The van der Waals surface area contributed by atoms with Crippen molar-refractivity contribution in [1.82, 2.24) is 5.32 Å². The van der Waals surface area contributed by atoms with Gasteiger partial charge in [-0.25, -0.2) is 0 Å². The van der Waals surface area contributed by atoms with Gasteiger partial charge in [0.25, 0.3) is 5.91 Å². The van der Waals surface area contributed by atoms with Gasteiger partial charge in [-0.05, 0) is 55.4 Å². The Morgan fingerprint density at radius 2 is 2.15 bits per heavy atom. The van der Waals surface area contributed by atoms with Crippen LogP contribution in [0.2, 0.25) is 0 Å². The zero-order valence-electron chi connectivity index (χ0n) is 12.4. The fraction of sp³-hybridized carbons (Fsp3) is 0.588. The summed E-state index contributed by atoms with van der Waals surface area (Å²) < 4.78 is 0.962. The van der Waals surface area contributed by atoms with Crippen LogP contribution in [0.15, 0.2) is 22.7 Å². The number of carbonyl (C=O) groups is 1. The van der Waals surface area contributed by atoms with E-state index in [1.807, 2.05) is 25.1 Å². The third-order valence-corrected chi connectivity index (χ3v) is 4.65. The Morgan fingerprint density at radius 1 is 1.35 bits per heavy atom. The van der Waals surface area contributed by atoms with E-state index in [2.05, 4.69) is 28.2 Å². The van der Waals surface area contributed by atoms with Gasteiger partial charge in [0, 0.05) is 16.6 Å². The third-order valence-electron chi connectivity index (χ3n) is 4.19. The van der Waals surface area contributed by atoms with Crippen LogP contribution >= 0.6 is 15.9 Å². The number of carbonyl (C=O) groups excluding carboxylic acids is 1. The lowest BCUT2D eigenvalue weighted by Gasteiger charge is -2.26. The van der Waals surface area contributed by atoms with Gasteiger partial charge in [-0.1, -0.05) is 42.1 Å². The lowest BCUT2D eigenvalue weighted by atomic mass is 9.81. The van der Waals surface area contributed by atoms with Crippen molar-refractivity contribution in [3.05, 3.63) is 33.8 Å². The van der Waals surface area contributed by atoms with Gasteiger partial charge in [0.1, 0.15) is 0 Å². The summed E-state index contributed by atoms with van der Waals surface area (Å²) in [5.41, 5.74) is 1.85. The van der Waals surface area contributed by atoms with Crippen LogP contribution in [0.5, 0.6) is 0 Å². The molecule has 1 aliphatic carbocycles. The number of aryl methyl sites for hydroxylation is 1. The van der Waals surface area contributed by atoms with Crippen LogP contribution in [-0.2, 0) is 0 Å². The van der Waals surface area contributed by atoms with E-state index >= 15 is 0 Å². The number of nitrogens with one attached hydrogen (secondary N) is 1. The number of rotatable bonds is 4. The molecule has 20 heavy (non-hydrogen) atoms. The molecule has 1 saturated carbocycles. The zero-order chi connectivity index (χ0) is 14.5. The van der Waals surface area contributed by atoms with Gasteiger partial charge in [0.05, 0.1) is 0 Å². The molecule has 3 heteroatoms. The van der Waals surface area contributed by atoms with Crippen LogP contribution in [-0.4, -0.2) is 12.5 Å². The largest absolute Gasteiger partial charge is 0.352 e. The molecule has 0 aromatic heterocycles. The van der Waals surface area contributed by atoms with Crippen LogP contribution in [0.3, 0.4) is 0 Å². The first kappa shape index (κ1) is 15.6. The molecule has 0 aliphatic heterocycles. The molecule has 1 amide bonds. The predicted octanol–water partition coefficient (Wildman–Crippen LogP) is 4.70. The summed E-state index contributed by atoms with van der Waals surface area (Å²) in [6.07, 6.45) is 6.50. The third kappa shape index (κ3) is 4.62. The summed E-state index contributed by atoms with van der Waals surface area (Å²) >= 11 is 3.44. The monoisotopic (exact) mass is 337 g/mol. The maximum Gasteiger partial charge on any atom is 0.251 e. The molecular weight excluding hydrogens is 314 g/mol. The van der Waals surface area contributed by atoms with Crippen molar-refractivity contribution in [3.63, 3.8) is 0 Å². The average molecular weight is 338 g/mol. The van der Waals surface area contributed by atoms with Gasteiger partial charge in [0.15, 0.2) is 0 Å². The SMILES string of the molecule is Cc1cc(Br)cc(C(=O)NCCC2CCCC(C)C2)c1. The van der Waals surface area contributed by atoms with E-state index in [1.165, 1.54) is 25.7 Å². The summed E-state index contributed by atoms with van der Waals surface area (Å²) in [6.45, 7) is 5.14. The van der Waals surface area contributed by atoms with Gasteiger partial charge in [-0.15, -0.1) is 0 Å². The minimum atomic E-state index is 0.0401. The lowest BCUT2D eigenvalue weighted by molar-refractivity contribution is 0.0949. The summed E-state index contributed by atoms with van der Waals surface area (Å²) in [5.74, 6) is 1.69. The highest BCUT2D eigenvalue weighted by Crippen LogP contribution is 2.30. The number of hydrogen-bond donors (Lipinski definition) is 1. The molecule has 1 fully saturated rings. The van der Waals surface area contributed by atoms with Crippen LogP contribution in [0, 0.1) is 18.8 Å². The maximum absolute atomic E-state index is 12.1. The molecule has 2 atom stereocenters. The predicted molar refractivity (Wildman–Crippen MR) is 87.0 cm³/mol. The molecule has 2 unspecified atom stereocenters. The number of benzene rings is 1. The molecule has 0 bridgehead atoms. The molecule has 1 aromatic rings. The van der Waals surface area contributed by atoms with E-state index in [0.717, 1.165) is 40.4 Å². The molecule has 0 heterocycles. The molecule has 0 saturated heterocycles. The van der Waals surface area contributed by atoms with Crippen molar-refractivity contribution in [2.24, 2.45) is 11.8 Å². The number of amides is 1. The maximum atomic E-state index is 12.1. The van der Waals surface area contributed by atoms with Crippen molar-refractivity contribution < 1.29 is 4.79 Å². The minimum Gasteiger partial charge on any atom is -0.352 e. The van der Waals surface area contributed by atoms with Crippen LogP contribution < -0.4 is 5.32 Å². The fourth-order valence-corrected chi connectivity index (χ4v) is 3.79. The van der Waals surface area contributed by atoms with Crippen LogP contribution in [0.4, 0.5) is 0 Å². The highest BCUT2D eigenvalue weighted by atomic mass is 79.9. The van der Waals surface area contributed by atoms with E-state index < -0.39 is 0 Å². The van der Waals surface area contributed by atoms with Crippen molar-refractivity contribution in [1.29, 1.82) is 0 Å².